The normalized spacial score (nSPS) is 11.6. The summed E-state index contributed by atoms with van der Waals surface area (Å²) in [4.78, 5) is 10.6. The zero-order chi connectivity index (χ0) is 8.27. The van der Waals surface area contributed by atoms with Gasteiger partial charge in [0.2, 0.25) is 0 Å². The average molecular weight is 170 g/mol. The minimum absolute atomic E-state index is 0.481. The molecule has 0 atom stereocenters. The van der Waals surface area contributed by atoms with Crippen LogP contribution in [-0.2, 0) is 0 Å². The van der Waals surface area contributed by atoms with Crippen molar-refractivity contribution in [3.63, 3.8) is 0 Å². The lowest BCUT2D eigenvalue weighted by atomic mass is 10.5. The van der Waals surface area contributed by atoms with Crippen molar-refractivity contribution < 1.29 is 0 Å². The van der Waals surface area contributed by atoms with E-state index >= 15 is 0 Å². The van der Waals surface area contributed by atoms with E-state index in [1.165, 1.54) is 0 Å². The molecule has 0 spiro atoms. The van der Waals surface area contributed by atoms with Crippen molar-refractivity contribution in [1.29, 1.82) is 0 Å². The van der Waals surface area contributed by atoms with Gasteiger partial charge in [0.25, 0.3) is 0 Å². The van der Waals surface area contributed by atoms with Crippen LogP contribution in [0, 0.1) is 0 Å². The molecule has 0 aliphatic carbocycles. The lowest BCUT2D eigenvalue weighted by Crippen LogP contribution is -1.71. The lowest BCUT2D eigenvalue weighted by molar-refractivity contribution is 1.34. The molecule has 0 saturated carbocycles. The number of aromatic amines is 1. The highest BCUT2D eigenvalue weighted by Gasteiger charge is 1.97. The molecule has 1 rings (SSSR count). The van der Waals surface area contributed by atoms with E-state index in [1.54, 1.807) is 19.2 Å². The maximum Gasteiger partial charge on any atom is 0.155 e. The zero-order valence-electron chi connectivity index (χ0n) is 6.13. The van der Waals surface area contributed by atoms with Gasteiger partial charge in [-0.05, 0) is 19.7 Å². The number of aromatic nitrogens is 1. The molecule has 3 nitrogen and oxygen atoms in total. The fourth-order valence-corrected chi connectivity index (χ4v) is 0.826. The molecular weight excluding hydrogens is 162 g/mol. The number of aliphatic imine (C=N–C) groups is 2. The highest BCUT2D eigenvalue weighted by Crippen LogP contribution is 2.25. The smallest absolute Gasteiger partial charge is 0.155 e. The fraction of sp³-hybridized carbons (Fsp3) is 0.143. The van der Waals surface area contributed by atoms with Gasteiger partial charge in [-0.15, -0.1) is 0 Å². The molecule has 0 fully saturated rings. The topological polar surface area (TPSA) is 40.5 Å². The van der Waals surface area contributed by atoms with Gasteiger partial charge in [0, 0.05) is 6.20 Å². The number of rotatable bonds is 2. The van der Waals surface area contributed by atoms with E-state index in [9.17, 15) is 0 Å². The number of H-pyrrole nitrogens is 1. The Morgan fingerprint density at radius 1 is 1.73 bits per heavy atom. The molecule has 1 N–H and O–H groups in total. The van der Waals surface area contributed by atoms with Gasteiger partial charge in [0.05, 0.1) is 0 Å². The van der Waals surface area contributed by atoms with Crippen LogP contribution in [0.4, 0.5) is 11.5 Å². The third kappa shape index (κ3) is 1.91. The van der Waals surface area contributed by atoms with Gasteiger partial charge in [-0.2, -0.15) is 0 Å². The summed E-state index contributed by atoms with van der Waals surface area (Å²) < 4.78 is 0. The summed E-state index contributed by atoms with van der Waals surface area (Å²) in [5.41, 5.74) is 0.715. The van der Waals surface area contributed by atoms with E-state index in [4.69, 9.17) is 11.6 Å². The van der Waals surface area contributed by atoms with Crippen molar-refractivity contribution in [2.45, 2.75) is 6.92 Å². The Labute approximate surface area is 69.8 Å². The van der Waals surface area contributed by atoms with Crippen LogP contribution in [0.5, 0.6) is 0 Å². The largest absolute Gasteiger partial charge is 0.345 e. The van der Waals surface area contributed by atoms with Crippen molar-refractivity contribution >= 4 is 35.0 Å². The van der Waals surface area contributed by atoms with Crippen LogP contribution in [0.2, 0.25) is 0 Å². The van der Waals surface area contributed by atoms with Crippen LogP contribution in [0.1, 0.15) is 6.92 Å². The van der Waals surface area contributed by atoms with Gasteiger partial charge in [0.15, 0.2) is 5.82 Å². The number of nitrogens with one attached hydrogen (secondary N) is 1. The van der Waals surface area contributed by atoms with E-state index < -0.39 is 0 Å². The molecule has 11 heavy (non-hydrogen) atoms. The van der Waals surface area contributed by atoms with Crippen LogP contribution >= 0.6 is 11.6 Å². The maximum atomic E-state index is 5.57. The van der Waals surface area contributed by atoms with Crippen molar-refractivity contribution in [2.75, 3.05) is 0 Å². The highest BCUT2D eigenvalue weighted by atomic mass is 35.5. The molecule has 1 aromatic heterocycles. The summed E-state index contributed by atoms with van der Waals surface area (Å²) in [5, 5.41) is 0.481. The Balaban J connectivity index is 3.03. The second kappa shape index (κ2) is 3.34. The third-order valence-electron chi connectivity index (χ3n) is 1.14. The van der Waals surface area contributed by atoms with Crippen molar-refractivity contribution in [1.82, 2.24) is 4.98 Å². The van der Waals surface area contributed by atoms with E-state index in [0.717, 1.165) is 0 Å². The summed E-state index contributed by atoms with van der Waals surface area (Å²) in [5.74, 6) is 0.644. The van der Waals surface area contributed by atoms with E-state index in [0.29, 0.717) is 16.7 Å². The Kier molecular flexibility index (Phi) is 2.44. The first-order valence-corrected chi connectivity index (χ1v) is 3.46. The van der Waals surface area contributed by atoms with Gasteiger partial charge < -0.3 is 4.98 Å². The molecule has 4 heteroatoms. The third-order valence-corrected chi connectivity index (χ3v) is 1.22. The molecular formula is C7H8ClN3. The molecule has 0 aliphatic heterocycles. The summed E-state index contributed by atoms with van der Waals surface area (Å²) in [6, 6.07) is 1.79. The summed E-state index contributed by atoms with van der Waals surface area (Å²) in [6.45, 7) is 5.09. The Bertz CT molecular complexity index is 284. The summed E-state index contributed by atoms with van der Waals surface area (Å²) in [7, 11) is 0. The second-order valence-electron chi connectivity index (χ2n) is 1.98. The number of hydrogen-bond acceptors (Lipinski definition) is 2. The molecule has 0 radical (unpaired) electrons. The summed E-state index contributed by atoms with van der Waals surface area (Å²) in [6.07, 6.45) is 1.74. The van der Waals surface area contributed by atoms with E-state index in [2.05, 4.69) is 21.7 Å². The maximum absolute atomic E-state index is 5.57. The van der Waals surface area contributed by atoms with Crippen LogP contribution < -0.4 is 0 Å². The molecule has 0 aliphatic rings. The minimum atomic E-state index is 0.481. The number of hydrogen-bond donors (Lipinski definition) is 1. The minimum Gasteiger partial charge on any atom is -0.345 e. The molecule has 1 aromatic rings. The van der Waals surface area contributed by atoms with Crippen LogP contribution in [0.3, 0.4) is 0 Å². The van der Waals surface area contributed by atoms with Gasteiger partial charge in [-0.3, -0.25) is 0 Å². The summed E-state index contributed by atoms with van der Waals surface area (Å²) >= 11 is 5.57. The first-order valence-electron chi connectivity index (χ1n) is 3.09. The Morgan fingerprint density at radius 3 is 3.00 bits per heavy atom. The number of halogens is 1. The molecule has 0 amide bonds. The van der Waals surface area contributed by atoms with Gasteiger partial charge in [0.1, 0.15) is 10.9 Å². The van der Waals surface area contributed by atoms with Crippen LogP contribution in [0.15, 0.2) is 22.2 Å². The standard InChI is InChI=1S/C7H8ClN3/c1-5(8)11-6-3-4-10-7(6)9-2/h3-4,10H,2H2,1H3. The van der Waals surface area contributed by atoms with Crippen LogP contribution in [-0.4, -0.2) is 16.9 Å². The molecule has 0 bridgehead atoms. The monoisotopic (exact) mass is 169 g/mol. The van der Waals surface area contributed by atoms with Gasteiger partial charge in [-0.1, -0.05) is 11.6 Å². The molecule has 0 saturated heterocycles. The average Bonchev–Trinajstić information content (AvgIpc) is 2.34. The quantitative estimate of drug-likeness (QED) is 0.662. The van der Waals surface area contributed by atoms with Crippen molar-refractivity contribution in [3.05, 3.63) is 12.3 Å². The zero-order valence-corrected chi connectivity index (χ0v) is 6.89. The SMILES string of the molecule is C=Nc1[nH]ccc1N=C(C)Cl. The predicted octanol–water partition coefficient (Wildman–Crippen LogP) is 2.64. The van der Waals surface area contributed by atoms with Crippen molar-refractivity contribution in [2.24, 2.45) is 9.98 Å². The van der Waals surface area contributed by atoms with Crippen LogP contribution in [0.25, 0.3) is 0 Å². The van der Waals surface area contributed by atoms with E-state index in [1.807, 2.05) is 0 Å². The first-order chi connectivity index (χ1) is 5.24. The molecule has 1 heterocycles. The predicted molar refractivity (Wildman–Crippen MR) is 48.6 cm³/mol. The van der Waals surface area contributed by atoms with Crippen molar-refractivity contribution in [3.8, 4) is 0 Å². The molecule has 0 aromatic carbocycles. The van der Waals surface area contributed by atoms with E-state index in [-0.39, 0.29) is 0 Å². The Morgan fingerprint density at radius 2 is 2.45 bits per heavy atom. The molecule has 58 valence electrons. The lowest BCUT2D eigenvalue weighted by Gasteiger charge is -1.89. The Hall–Kier alpha value is -1.09. The van der Waals surface area contributed by atoms with Gasteiger partial charge >= 0.3 is 0 Å². The first kappa shape index (κ1) is 8.01. The number of nitrogens with zero attached hydrogens (tertiary/aromatic N) is 2. The second-order valence-corrected chi connectivity index (χ2v) is 2.53. The fourth-order valence-electron chi connectivity index (χ4n) is 0.735. The van der Waals surface area contributed by atoms with Gasteiger partial charge in [-0.25, -0.2) is 9.98 Å². The molecule has 0 unspecified atom stereocenters. The highest BCUT2D eigenvalue weighted by molar-refractivity contribution is 6.65.